The lowest BCUT2D eigenvalue weighted by molar-refractivity contribution is -0.193. The van der Waals surface area contributed by atoms with E-state index in [1.54, 1.807) is 0 Å². The lowest BCUT2D eigenvalue weighted by Crippen LogP contribution is -2.47. The van der Waals surface area contributed by atoms with E-state index in [1.165, 1.54) is 0 Å². The number of hydrogen-bond acceptors (Lipinski definition) is 6. The first-order valence-electron chi connectivity index (χ1n) is 8.15. The van der Waals surface area contributed by atoms with Crippen LogP contribution in [-0.4, -0.2) is 72.6 Å². The van der Waals surface area contributed by atoms with Crippen molar-refractivity contribution in [1.82, 2.24) is 16.0 Å². The Morgan fingerprint density at radius 1 is 0.931 bits per heavy atom. The molecular formula is C14H20F6N4O5. The van der Waals surface area contributed by atoms with Crippen molar-refractivity contribution in [1.29, 1.82) is 0 Å². The number of aliphatic carboxylic acids is 2. The molecule has 0 aliphatic carbocycles. The summed E-state index contributed by atoms with van der Waals surface area (Å²) in [5.41, 5.74) is 0. The Kier molecular flexibility index (Phi) is 11.0. The van der Waals surface area contributed by atoms with E-state index < -0.39 is 24.3 Å². The number of carboxylic acid groups (broad SMARTS) is 2. The van der Waals surface area contributed by atoms with Crippen LogP contribution in [0.3, 0.4) is 0 Å². The molecule has 0 atom stereocenters. The molecule has 1 amide bonds. The molecule has 1 fully saturated rings. The number of rotatable bonds is 1. The predicted octanol–water partition coefficient (Wildman–Crippen LogP) is 0.718. The molecule has 0 aromatic carbocycles. The molecule has 0 aromatic heterocycles. The van der Waals surface area contributed by atoms with E-state index in [1.807, 2.05) is 0 Å². The second-order valence-electron chi connectivity index (χ2n) is 5.63. The van der Waals surface area contributed by atoms with Gasteiger partial charge in [0.05, 0.1) is 0 Å². The van der Waals surface area contributed by atoms with Crippen molar-refractivity contribution < 1.29 is 50.9 Å². The number of nitrogens with one attached hydrogen (secondary N) is 3. The lowest BCUT2D eigenvalue weighted by Gasteiger charge is -2.23. The molecule has 2 aliphatic heterocycles. The van der Waals surface area contributed by atoms with Gasteiger partial charge in [0.15, 0.2) is 5.96 Å². The van der Waals surface area contributed by atoms with Crippen LogP contribution >= 0.6 is 0 Å². The van der Waals surface area contributed by atoms with Crippen LogP contribution in [0.2, 0.25) is 0 Å². The minimum atomic E-state index is -5.08. The van der Waals surface area contributed by atoms with Gasteiger partial charge in [0.2, 0.25) is 5.91 Å². The molecule has 5 N–H and O–H groups in total. The average Bonchev–Trinajstić information content (AvgIpc) is 2.63. The summed E-state index contributed by atoms with van der Waals surface area (Å²) < 4.78 is 63.5. The number of carbonyl (C=O) groups is 3. The largest absolute Gasteiger partial charge is 0.490 e. The second kappa shape index (κ2) is 12.1. The van der Waals surface area contributed by atoms with Crippen molar-refractivity contribution in [2.45, 2.75) is 31.6 Å². The van der Waals surface area contributed by atoms with Gasteiger partial charge in [-0.25, -0.2) is 9.59 Å². The van der Waals surface area contributed by atoms with E-state index in [4.69, 9.17) is 19.8 Å². The minimum Gasteiger partial charge on any atom is -0.475 e. The van der Waals surface area contributed by atoms with Gasteiger partial charge in [-0.2, -0.15) is 26.3 Å². The van der Waals surface area contributed by atoms with Gasteiger partial charge in [-0.15, -0.1) is 0 Å². The second-order valence-corrected chi connectivity index (χ2v) is 5.63. The Hall–Kier alpha value is -2.58. The fraction of sp³-hybridized carbons (Fsp3) is 0.714. The van der Waals surface area contributed by atoms with E-state index >= 15 is 0 Å². The summed E-state index contributed by atoms with van der Waals surface area (Å²) in [6.07, 6.45) is -7.26. The summed E-state index contributed by atoms with van der Waals surface area (Å²) in [5, 5.41) is 23.4. The van der Waals surface area contributed by atoms with Crippen LogP contribution in [0.4, 0.5) is 26.3 Å². The number of carboxylic acids is 2. The highest BCUT2D eigenvalue weighted by molar-refractivity contribution is 5.98. The summed E-state index contributed by atoms with van der Waals surface area (Å²) in [4.78, 5) is 33.8. The molecule has 9 nitrogen and oxygen atoms in total. The van der Waals surface area contributed by atoms with Crippen LogP contribution in [0.15, 0.2) is 4.99 Å². The number of piperidine rings is 1. The predicted molar refractivity (Wildman–Crippen MR) is 86.0 cm³/mol. The van der Waals surface area contributed by atoms with Crippen molar-refractivity contribution in [2.75, 3.05) is 26.2 Å². The number of amides is 1. The van der Waals surface area contributed by atoms with E-state index in [9.17, 15) is 31.1 Å². The molecule has 0 unspecified atom stereocenters. The molecule has 2 rings (SSSR count). The topological polar surface area (TPSA) is 140 Å². The zero-order chi connectivity index (χ0) is 22.7. The number of nitrogens with zero attached hydrogens (tertiary/aromatic N) is 1. The number of guanidine groups is 1. The van der Waals surface area contributed by atoms with Gasteiger partial charge < -0.3 is 20.8 Å². The summed E-state index contributed by atoms with van der Waals surface area (Å²) in [6.45, 7) is 3.61. The molecule has 29 heavy (non-hydrogen) atoms. The van der Waals surface area contributed by atoms with Crippen LogP contribution < -0.4 is 16.0 Å². The molecule has 1 saturated heterocycles. The maximum Gasteiger partial charge on any atom is 0.490 e. The standard InChI is InChI=1S/C10H18N4O.2C2HF3O2/c15-9(8-2-6-11-7-3-8)14-10-12-4-1-5-13-10;2*3-2(4,5)1(6)7/h8,11H,1-7H2,(H2,12,13,14,15);2*(H,6,7). The number of halogens is 6. The Morgan fingerprint density at radius 3 is 1.72 bits per heavy atom. The highest BCUT2D eigenvalue weighted by Gasteiger charge is 2.38. The quantitative estimate of drug-likeness (QED) is 0.380. The van der Waals surface area contributed by atoms with Gasteiger partial charge in [0.25, 0.3) is 0 Å². The normalized spacial score (nSPS) is 17.2. The first-order valence-corrected chi connectivity index (χ1v) is 8.15. The van der Waals surface area contributed by atoms with E-state index in [-0.39, 0.29) is 11.8 Å². The van der Waals surface area contributed by atoms with Gasteiger partial charge in [-0.1, -0.05) is 0 Å². The fourth-order valence-electron chi connectivity index (χ4n) is 1.92. The third kappa shape index (κ3) is 12.5. The van der Waals surface area contributed by atoms with Crippen molar-refractivity contribution in [3.63, 3.8) is 0 Å². The highest BCUT2D eigenvalue weighted by Crippen LogP contribution is 2.14. The van der Waals surface area contributed by atoms with Crippen molar-refractivity contribution in [3.05, 3.63) is 0 Å². The van der Waals surface area contributed by atoms with Crippen LogP contribution in [0, 0.1) is 5.92 Å². The van der Waals surface area contributed by atoms with Gasteiger partial charge in [-0.05, 0) is 32.4 Å². The van der Waals surface area contributed by atoms with Gasteiger partial charge in [0, 0.05) is 19.0 Å². The van der Waals surface area contributed by atoms with E-state index in [0.29, 0.717) is 5.96 Å². The van der Waals surface area contributed by atoms with Crippen LogP contribution in [-0.2, 0) is 14.4 Å². The first-order chi connectivity index (χ1) is 13.2. The van der Waals surface area contributed by atoms with Crippen molar-refractivity contribution in [2.24, 2.45) is 10.9 Å². The number of alkyl halides is 6. The Morgan fingerprint density at radius 2 is 1.38 bits per heavy atom. The van der Waals surface area contributed by atoms with E-state index in [0.717, 1.165) is 45.4 Å². The molecule has 0 spiro atoms. The summed E-state index contributed by atoms with van der Waals surface area (Å²) in [5.74, 6) is -4.59. The number of aliphatic imine (C=N–C) groups is 1. The van der Waals surface area contributed by atoms with E-state index in [2.05, 4.69) is 20.9 Å². The molecule has 0 aromatic rings. The Balaban J connectivity index is 0.000000473. The van der Waals surface area contributed by atoms with Gasteiger partial charge in [-0.3, -0.25) is 15.1 Å². The molecule has 0 saturated carbocycles. The van der Waals surface area contributed by atoms with Crippen molar-refractivity contribution in [3.8, 4) is 0 Å². The maximum absolute atomic E-state index is 11.8. The Labute approximate surface area is 160 Å². The average molecular weight is 438 g/mol. The SMILES string of the molecule is O=C(NC1=NCCCN1)C1CCNCC1.O=C(O)C(F)(F)F.O=C(O)C(F)(F)F. The van der Waals surface area contributed by atoms with Crippen LogP contribution in [0.5, 0.6) is 0 Å². The minimum absolute atomic E-state index is 0.115. The number of hydrogen-bond donors (Lipinski definition) is 5. The fourth-order valence-corrected chi connectivity index (χ4v) is 1.92. The summed E-state index contributed by atoms with van der Waals surface area (Å²) in [7, 11) is 0. The molecular weight excluding hydrogens is 418 g/mol. The molecule has 15 heteroatoms. The van der Waals surface area contributed by atoms with Gasteiger partial charge >= 0.3 is 24.3 Å². The van der Waals surface area contributed by atoms with Crippen LogP contribution in [0.1, 0.15) is 19.3 Å². The highest BCUT2D eigenvalue weighted by atomic mass is 19.4. The molecule has 2 heterocycles. The third-order valence-electron chi connectivity index (χ3n) is 3.33. The van der Waals surface area contributed by atoms with Gasteiger partial charge in [0.1, 0.15) is 0 Å². The molecule has 0 bridgehead atoms. The van der Waals surface area contributed by atoms with Crippen LogP contribution in [0.25, 0.3) is 0 Å². The summed E-state index contributed by atoms with van der Waals surface area (Å²) in [6, 6.07) is 0. The smallest absolute Gasteiger partial charge is 0.475 e. The number of carbonyl (C=O) groups excluding carboxylic acids is 1. The third-order valence-corrected chi connectivity index (χ3v) is 3.33. The summed E-state index contributed by atoms with van der Waals surface area (Å²) >= 11 is 0. The molecule has 0 radical (unpaired) electrons. The maximum atomic E-state index is 11.8. The zero-order valence-electron chi connectivity index (χ0n) is 14.9. The first kappa shape index (κ1) is 26.4. The van der Waals surface area contributed by atoms with Crippen molar-refractivity contribution >= 4 is 23.8 Å². The zero-order valence-corrected chi connectivity index (χ0v) is 14.9. The lowest BCUT2D eigenvalue weighted by atomic mass is 9.97. The Bertz CT molecular complexity index is 564. The molecule has 168 valence electrons. The molecule has 2 aliphatic rings. The monoisotopic (exact) mass is 438 g/mol.